The van der Waals surface area contributed by atoms with E-state index < -0.39 is 0 Å². The topological polar surface area (TPSA) is 86.9 Å². The lowest BCUT2D eigenvalue weighted by molar-refractivity contribution is -0.144. The standard InChI is InChI=1S/C18H22N6O2/c1-4-26-16(25)12-24-11-15(10-20-24)21-18-19-9-14-6-8-23(17(14)22-18)7-5-13(2)3/h5-6,8-11H,4,7,12H2,1-3H3,(H,19,21,22). The Kier molecular flexibility index (Phi) is 5.31. The first-order chi connectivity index (χ1) is 12.5. The molecule has 0 aliphatic heterocycles. The summed E-state index contributed by atoms with van der Waals surface area (Å²) in [5.41, 5.74) is 2.82. The molecule has 0 bridgehead atoms. The molecule has 0 saturated carbocycles. The van der Waals surface area contributed by atoms with Crippen LogP contribution in [0.4, 0.5) is 11.6 Å². The number of esters is 1. The minimum Gasteiger partial charge on any atom is -0.465 e. The average molecular weight is 354 g/mol. The van der Waals surface area contributed by atoms with E-state index in [1.165, 1.54) is 10.3 Å². The Morgan fingerprint density at radius 2 is 2.19 bits per heavy atom. The van der Waals surface area contributed by atoms with Crippen molar-refractivity contribution in [1.82, 2.24) is 24.3 Å². The van der Waals surface area contributed by atoms with E-state index in [0.29, 0.717) is 18.2 Å². The smallest absolute Gasteiger partial charge is 0.327 e. The van der Waals surface area contributed by atoms with Crippen molar-refractivity contribution in [2.75, 3.05) is 11.9 Å². The molecular formula is C18H22N6O2. The number of anilines is 2. The Labute approximate surface area is 151 Å². The van der Waals surface area contributed by atoms with Crippen LogP contribution in [0.1, 0.15) is 20.8 Å². The third-order valence-electron chi connectivity index (χ3n) is 3.68. The Morgan fingerprint density at radius 1 is 1.35 bits per heavy atom. The van der Waals surface area contributed by atoms with Gasteiger partial charge < -0.3 is 14.6 Å². The molecule has 0 amide bonds. The number of allylic oxidation sites excluding steroid dienone is 2. The zero-order chi connectivity index (χ0) is 18.5. The van der Waals surface area contributed by atoms with Crippen LogP contribution in [-0.4, -0.2) is 36.9 Å². The number of nitrogens with zero attached hydrogens (tertiary/aromatic N) is 5. The molecule has 3 heterocycles. The van der Waals surface area contributed by atoms with Gasteiger partial charge in [0.1, 0.15) is 12.2 Å². The van der Waals surface area contributed by atoms with Gasteiger partial charge in [0, 0.05) is 30.5 Å². The highest BCUT2D eigenvalue weighted by Crippen LogP contribution is 2.17. The maximum Gasteiger partial charge on any atom is 0.327 e. The van der Waals surface area contributed by atoms with E-state index in [0.717, 1.165) is 17.6 Å². The van der Waals surface area contributed by atoms with Gasteiger partial charge in [-0.3, -0.25) is 9.48 Å². The summed E-state index contributed by atoms with van der Waals surface area (Å²) < 4.78 is 8.49. The van der Waals surface area contributed by atoms with Crippen molar-refractivity contribution < 1.29 is 9.53 Å². The van der Waals surface area contributed by atoms with Gasteiger partial charge in [0.15, 0.2) is 0 Å². The van der Waals surface area contributed by atoms with Crippen molar-refractivity contribution in [2.24, 2.45) is 0 Å². The molecule has 0 aromatic carbocycles. The van der Waals surface area contributed by atoms with Gasteiger partial charge in [-0.2, -0.15) is 10.1 Å². The molecule has 136 valence electrons. The van der Waals surface area contributed by atoms with Gasteiger partial charge in [-0.15, -0.1) is 0 Å². The van der Waals surface area contributed by atoms with E-state index in [9.17, 15) is 4.79 Å². The van der Waals surface area contributed by atoms with Crippen LogP contribution < -0.4 is 5.32 Å². The zero-order valence-electron chi connectivity index (χ0n) is 15.1. The van der Waals surface area contributed by atoms with Crippen molar-refractivity contribution in [3.63, 3.8) is 0 Å². The molecular weight excluding hydrogens is 332 g/mol. The van der Waals surface area contributed by atoms with Crippen LogP contribution in [0.2, 0.25) is 0 Å². The van der Waals surface area contributed by atoms with Crippen molar-refractivity contribution in [1.29, 1.82) is 0 Å². The molecule has 3 rings (SSSR count). The molecule has 0 radical (unpaired) electrons. The van der Waals surface area contributed by atoms with E-state index in [2.05, 4.69) is 44.9 Å². The number of carbonyl (C=O) groups excluding carboxylic acids is 1. The molecule has 0 unspecified atom stereocenters. The third kappa shape index (κ3) is 4.27. The van der Waals surface area contributed by atoms with Crippen molar-refractivity contribution in [2.45, 2.75) is 33.9 Å². The van der Waals surface area contributed by atoms with Gasteiger partial charge in [-0.05, 0) is 26.8 Å². The number of nitrogens with one attached hydrogen (secondary N) is 1. The highest BCUT2D eigenvalue weighted by molar-refractivity contribution is 5.76. The van der Waals surface area contributed by atoms with Crippen LogP contribution in [-0.2, 0) is 22.6 Å². The number of hydrogen-bond acceptors (Lipinski definition) is 6. The fourth-order valence-corrected chi connectivity index (χ4v) is 2.44. The Hall–Kier alpha value is -3.16. The molecule has 8 heteroatoms. The summed E-state index contributed by atoms with van der Waals surface area (Å²) in [5, 5.41) is 8.24. The molecule has 0 saturated heterocycles. The number of hydrogen-bond donors (Lipinski definition) is 1. The van der Waals surface area contributed by atoms with Gasteiger partial charge >= 0.3 is 5.97 Å². The van der Waals surface area contributed by atoms with Crippen LogP contribution in [0.25, 0.3) is 11.0 Å². The molecule has 0 fully saturated rings. The lowest BCUT2D eigenvalue weighted by Gasteiger charge is -2.05. The summed E-state index contributed by atoms with van der Waals surface area (Å²) in [6.45, 7) is 7.10. The van der Waals surface area contributed by atoms with Crippen LogP contribution in [0.5, 0.6) is 0 Å². The maximum absolute atomic E-state index is 11.5. The number of carbonyl (C=O) groups is 1. The highest BCUT2D eigenvalue weighted by atomic mass is 16.5. The van der Waals surface area contributed by atoms with Crippen molar-refractivity contribution >= 4 is 28.6 Å². The summed E-state index contributed by atoms with van der Waals surface area (Å²) in [4.78, 5) is 20.4. The largest absolute Gasteiger partial charge is 0.465 e. The molecule has 8 nitrogen and oxygen atoms in total. The molecule has 26 heavy (non-hydrogen) atoms. The molecule has 3 aromatic heterocycles. The number of aromatic nitrogens is 5. The van der Waals surface area contributed by atoms with Gasteiger partial charge in [0.05, 0.1) is 18.5 Å². The summed E-state index contributed by atoms with van der Waals surface area (Å²) in [6, 6.07) is 2.00. The number of fused-ring (bicyclic) bond motifs is 1. The predicted molar refractivity (Wildman–Crippen MR) is 99.1 cm³/mol. The highest BCUT2D eigenvalue weighted by Gasteiger charge is 2.08. The molecule has 0 spiro atoms. The van der Waals surface area contributed by atoms with Crippen LogP contribution in [0.15, 0.2) is 42.5 Å². The van der Waals surface area contributed by atoms with E-state index in [1.807, 2.05) is 12.3 Å². The minimum absolute atomic E-state index is 0.0704. The zero-order valence-corrected chi connectivity index (χ0v) is 15.1. The lowest BCUT2D eigenvalue weighted by atomic mass is 10.3. The second-order valence-electron chi connectivity index (χ2n) is 6.08. The van der Waals surface area contributed by atoms with Crippen molar-refractivity contribution in [3.8, 4) is 0 Å². The molecule has 1 N–H and O–H groups in total. The van der Waals surface area contributed by atoms with Gasteiger partial charge in [0.2, 0.25) is 5.95 Å². The maximum atomic E-state index is 11.5. The fraction of sp³-hybridized carbons (Fsp3) is 0.333. The Balaban J connectivity index is 1.74. The molecule has 0 atom stereocenters. The van der Waals surface area contributed by atoms with Crippen LogP contribution >= 0.6 is 0 Å². The number of rotatable bonds is 7. The van der Waals surface area contributed by atoms with Gasteiger partial charge in [-0.25, -0.2) is 4.98 Å². The predicted octanol–water partition coefficient (Wildman–Crippen LogP) is 2.90. The van der Waals surface area contributed by atoms with E-state index in [-0.39, 0.29) is 12.5 Å². The van der Waals surface area contributed by atoms with E-state index in [1.54, 1.807) is 25.5 Å². The molecule has 0 aliphatic rings. The lowest BCUT2D eigenvalue weighted by Crippen LogP contribution is -2.13. The summed E-state index contributed by atoms with van der Waals surface area (Å²) >= 11 is 0. The summed E-state index contributed by atoms with van der Waals surface area (Å²) in [6.07, 6.45) is 9.27. The normalized spacial score (nSPS) is 10.7. The molecule has 0 aliphatic carbocycles. The van der Waals surface area contributed by atoms with Crippen LogP contribution in [0.3, 0.4) is 0 Å². The minimum atomic E-state index is -0.322. The first kappa shape index (κ1) is 17.7. The van der Waals surface area contributed by atoms with Gasteiger partial charge in [0.25, 0.3) is 0 Å². The van der Waals surface area contributed by atoms with E-state index in [4.69, 9.17) is 4.74 Å². The summed E-state index contributed by atoms with van der Waals surface area (Å²) in [7, 11) is 0. The SMILES string of the molecule is CCOC(=O)Cn1cc(Nc2ncc3ccn(CC=C(C)C)c3n2)cn1. The second-order valence-corrected chi connectivity index (χ2v) is 6.08. The summed E-state index contributed by atoms with van der Waals surface area (Å²) in [5.74, 6) is 0.155. The van der Waals surface area contributed by atoms with Gasteiger partial charge in [-0.1, -0.05) is 11.6 Å². The van der Waals surface area contributed by atoms with Crippen LogP contribution in [0, 0.1) is 0 Å². The molecule has 3 aromatic rings. The first-order valence-electron chi connectivity index (χ1n) is 8.45. The van der Waals surface area contributed by atoms with E-state index >= 15 is 0 Å². The monoisotopic (exact) mass is 354 g/mol. The average Bonchev–Trinajstić information content (AvgIpc) is 3.19. The quantitative estimate of drug-likeness (QED) is 0.518. The second kappa shape index (κ2) is 7.81. The first-order valence-corrected chi connectivity index (χ1v) is 8.45. The van der Waals surface area contributed by atoms with Crippen molar-refractivity contribution in [3.05, 3.63) is 42.5 Å². The Bertz CT molecular complexity index is 936. The Morgan fingerprint density at radius 3 is 2.96 bits per heavy atom. The fourth-order valence-electron chi connectivity index (χ4n) is 2.44. The third-order valence-corrected chi connectivity index (χ3v) is 3.68. The number of ether oxygens (including phenoxy) is 1.